The van der Waals surface area contributed by atoms with Gasteiger partial charge in [-0.25, -0.2) is 4.98 Å². The zero-order valence-electron chi connectivity index (χ0n) is 15.6. The predicted molar refractivity (Wildman–Crippen MR) is 116 cm³/mol. The maximum atomic E-state index is 12.2. The van der Waals surface area contributed by atoms with Gasteiger partial charge in [0.25, 0.3) is 5.91 Å². The highest BCUT2D eigenvalue weighted by atomic mass is 35.5. The van der Waals surface area contributed by atoms with E-state index < -0.39 is 0 Å². The van der Waals surface area contributed by atoms with Gasteiger partial charge in [-0.1, -0.05) is 35.5 Å². The highest BCUT2D eigenvalue weighted by molar-refractivity contribution is 7.98. The number of thioether (sulfide) groups is 1. The van der Waals surface area contributed by atoms with Crippen molar-refractivity contribution in [2.75, 3.05) is 0 Å². The number of carbonyl (C=O) groups excluding carboxylic acids is 1. The van der Waals surface area contributed by atoms with Crippen molar-refractivity contribution in [3.63, 3.8) is 0 Å². The monoisotopic (exact) mass is 457 g/mol. The number of hydrogen-bond donors (Lipinski definition) is 1. The van der Waals surface area contributed by atoms with Crippen LogP contribution in [0.1, 0.15) is 28.3 Å². The molecule has 1 N–H and O–H groups in total. The zero-order valence-corrected chi connectivity index (χ0v) is 18.0. The molecule has 5 rings (SSSR count). The summed E-state index contributed by atoms with van der Waals surface area (Å²) in [6, 6.07) is 11.5. The molecule has 0 unspecified atom stereocenters. The molecule has 0 spiro atoms. The van der Waals surface area contributed by atoms with Gasteiger partial charge in [0.2, 0.25) is 5.82 Å². The first-order valence-electron chi connectivity index (χ1n) is 9.31. The van der Waals surface area contributed by atoms with E-state index in [4.69, 9.17) is 16.0 Å². The summed E-state index contributed by atoms with van der Waals surface area (Å²) in [5.74, 6) is 1.62. The largest absolute Gasteiger partial charge is 0.461 e. The first-order valence-corrected chi connectivity index (χ1v) is 11.6. The molecule has 1 aliphatic carbocycles. The number of hydrogen-bond acceptors (Lipinski definition) is 7. The highest BCUT2D eigenvalue weighted by Crippen LogP contribution is 2.33. The lowest BCUT2D eigenvalue weighted by Gasteiger charge is -2.10. The second kappa shape index (κ2) is 8.25. The quantitative estimate of drug-likeness (QED) is 0.400. The zero-order chi connectivity index (χ0) is 20.5. The van der Waals surface area contributed by atoms with Gasteiger partial charge in [0.05, 0.1) is 22.7 Å². The Morgan fingerprint density at radius 2 is 2.13 bits per heavy atom. The number of halogens is 1. The number of nitrogens with zero attached hydrogens (tertiary/aromatic N) is 4. The predicted octanol–water partition coefficient (Wildman–Crippen LogP) is 4.82. The van der Waals surface area contributed by atoms with Gasteiger partial charge in [-0.05, 0) is 37.1 Å². The topological polar surface area (TPSA) is 85.8 Å². The third kappa shape index (κ3) is 4.00. The normalized spacial score (nSPS) is 13.5. The molecule has 152 valence electrons. The van der Waals surface area contributed by atoms with Crippen molar-refractivity contribution in [3.05, 3.63) is 63.8 Å². The van der Waals surface area contributed by atoms with E-state index in [1.54, 1.807) is 17.7 Å². The van der Waals surface area contributed by atoms with E-state index in [0.29, 0.717) is 39.3 Å². The number of para-hydroxylation sites is 1. The minimum atomic E-state index is -0.107. The molecule has 7 nitrogen and oxygen atoms in total. The van der Waals surface area contributed by atoms with Crippen LogP contribution in [0.15, 0.2) is 57.6 Å². The van der Waals surface area contributed by atoms with Crippen LogP contribution >= 0.6 is 34.7 Å². The molecular formula is C20H16ClN5O2S2. The van der Waals surface area contributed by atoms with Crippen LogP contribution < -0.4 is 5.32 Å². The summed E-state index contributed by atoms with van der Waals surface area (Å²) in [5.41, 5.74) is 1.23. The number of aromatic nitrogens is 4. The highest BCUT2D eigenvalue weighted by Gasteiger charge is 2.25. The average molecular weight is 458 g/mol. The lowest BCUT2D eigenvalue weighted by molar-refractivity contribution is 0.0946. The molecule has 1 saturated carbocycles. The van der Waals surface area contributed by atoms with Gasteiger partial charge in [-0.3, -0.25) is 9.36 Å². The standard InChI is InChI=1S/C20H16ClN5O2S2/c21-13-4-1-2-5-15(13)26-18(16-6-3-9-28-16)24-25-20(26)30-11-17-23-14(10-29-17)19(27)22-12-7-8-12/h1-6,9-10,12H,7-8,11H2,(H,22,27). The SMILES string of the molecule is O=C(NC1CC1)c1csc(CSc2nnc(-c3ccco3)n2-c2ccccc2Cl)n1. The van der Waals surface area contributed by atoms with E-state index in [0.717, 1.165) is 23.5 Å². The third-order valence-electron chi connectivity index (χ3n) is 4.49. The molecule has 0 bridgehead atoms. The molecule has 1 aromatic carbocycles. The molecule has 3 aromatic heterocycles. The van der Waals surface area contributed by atoms with Crippen LogP contribution in [0.2, 0.25) is 5.02 Å². The van der Waals surface area contributed by atoms with Crippen LogP contribution in [0.25, 0.3) is 17.3 Å². The van der Waals surface area contributed by atoms with E-state index in [9.17, 15) is 4.79 Å². The average Bonchev–Trinajstić information content (AvgIpc) is 3.18. The van der Waals surface area contributed by atoms with Crippen molar-refractivity contribution in [1.82, 2.24) is 25.1 Å². The first-order chi connectivity index (χ1) is 14.7. The summed E-state index contributed by atoms with van der Waals surface area (Å²) in [4.78, 5) is 16.6. The molecular weight excluding hydrogens is 442 g/mol. The Labute approximate surface area is 185 Å². The number of benzene rings is 1. The number of rotatable bonds is 7. The Balaban J connectivity index is 1.40. The summed E-state index contributed by atoms with van der Waals surface area (Å²) in [6.45, 7) is 0. The first kappa shape index (κ1) is 19.3. The van der Waals surface area contributed by atoms with E-state index in [1.165, 1.54) is 23.1 Å². The van der Waals surface area contributed by atoms with Gasteiger partial charge in [-0.2, -0.15) is 0 Å². The molecule has 1 fully saturated rings. The lowest BCUT2D eigenvalue weighted by atomic mass is 10.3. The van der Waals surface area contributed by atoms with E-state index in [-0.39, 0.29) is 5.91 Å². The van der Waals surface area contributed by atoms with Crippen molar-refractivity contribution in [2.45, 2.75) is 29.8 Å². The Hall–Kier alpha value is -2.62. The maximum absolute atomic E-state index is 12.2. The Morgan fingerprint density at radius 1 is 1.27 bits per heavy atom. The van der Waals surface area contributed by atoms with Crippen LogP contribution in [0, 0.1) is 0 Å². The van der Waals surface area contributed by atoms with Gasteiger partial charge in [0, 0.05) is 11.4 Å². The third-order valence-corrected chi connectivity index (χ3v) is 6.78. The second-order valence-corrected chi connectivity index (χ2v) is 9.03. The number of thiazole rings is 1. The number of furan rings is 1. The Kier molecular flexibility index (Phi) is 5.32. The molecule has 4 aromatic rings. The van der Waals surface area contributed by atoms with Crippen LogP contribution in [-0.4, -0.2) is 31.7 Å². The minimum absolute atomic E-state index is 0.107. The summed E-state index contributed by atoms with van der Waals surface area (Å²) in [6.07, 6.45) is 3.69. The molecule has 1 amide bonds. The van der Waals surface area contributed by atoms with Gasteiger partial charge in [0.1, 0.15) is 10.7 Å². The Bertz CT molecular complexity index is 1180. The van der Waals surface area contributed by atoms with Crippen LogP contribution in [0.4, 0.5) is 0 Å². The molecule has 1 aliphatic rings. The van der Waals surface area contributed by atoms with Gasteiger partial charge < -0.3 is 9.73 Å². The number of carbonyl (C=O) groups is 1. The fraction of sp³-hybridized carbons (Fsp3) is 0.200. The van der Waals surface area contributed by atoms with Gasteiger partial charge >= 0.3 is 0 Å². The second-order valence-electron chi connectivity index (χ2n) is 6.73. The fourth-order valence-corrected chi connectivity index (χ4v) is 4.83. The van der Waals surface area contributed by atoms with Gasteiger partial charge in [0.15, 0.2) is 10.9 Å². The maximum Gasteiger partial charge on any atom is 0.270 e. The summed E-state index contributed by atoms with van der Waals surface area (Å²) < 4.78 is 7.41. The van der Waals surface area contributed by atoms with Crippen molar-refractivity contribution >= 4 is 40.6 Å². The molecule has 30 heavy (non-hydrogen) atoms. The molecule has 3 heterocycles. The Morgan fingerprint density at radius 3 is 2.90 bits per heavy atom. The van der Waals surface area contributed by atoms with E-state index in [1.807, 2.05) is 34.9 Å². The lowest BCUT2D eigenvalue weighted by Crippen LogP contribution is -2.25. The van der Waals surface area contributed by atoms with Crippen molar-refractivity contribution < 1.29 is 9.21 Å². The summed E-state index contributed by atoms with van der Waals surface area (Å²) in [7, 11) is 0. The molecule has 0 radical (unpaired) electrons. The molecule has 0 saturated heterocycles. The number of amides is 1. The molecule has 0 atom stereocenters. The summed E-state index contributed by atoms with van der Waals surface area (Å²) >= 11 is 9.39. The minimum Gasteiger partial charge on any atom is -0.461 e. The van der Waals surface area contributed by atoms with Crippen molar-refractivity contribution in [3.8, 4) is 17.3 Å². The van der Waals surface area contributed by atoms with Gasteiger partial charge in [-0.15, -0.1) is 21.5 Å². The van der Waals surface area contributed by atoms with Crippen LogP contribution in [0.5, 0.6) is 0 Å². The summed E-state index contributed by atoms with van der Waals surface area (Å²) in [5, 5.41) is 15.5. The smallest absolute Gasteiger partial charge is 0.270 e. The number of nitrogens with one attached hydrogen (secondary N) is 1. The van der Waals surface area contributed by atoms with Crippen molar-refractivity contribution in [1.29, 1.82) is 0 Å². The van der Waals surface area contributed by atoms with Crippen LogP contribution in [0.3, 0.4) is 0 Å². The van der Waals surface area contributed by atoms with Crippen molar-refractivity contribution in [2.24, 2.45) is 0 Å². The fourth-order valence-electron chi connectivity index (χ4n) is 2.87. The molecule has 10 heteroatoms. The van der Waals surface area contributed by atoms with Crippen LogP contribution in [-0.2, 0) is 5.75 Å². The van der Waals surface area contributed by atoms with E-state index >= 15 is 0 Å². The van der Waals surface area contributed by atoms with E-state index in [2.05, 4.69) is 20.5 Å². The molecule has 0 aliphatic heterocycles.